The molecular formula is C12H16N4OS. The molecule has 5 nitrogen and oxygen atoms in total. The van der Waals surface area contributed by atoms with Gasteiger partial charge in [-0.15, -0.1) is 11.3 Å². The van der Waals surface area contributed by atoms with Gasteiger partial charge in [0.1, 0.15) is 12.0 Å². The van der Waals surface area contributed by atoms with Crippen molar-refractivity contribution in [1.82, 2.24) is 15.8 Å². The Morgan fingerprint density at radius 1 is 1.44 bits per heavy atom. The van der Waals surface area contributed by atoms with Crippen molar-refractivity contribution in [3.8, 4) is 0 Å². The van der Waals surface area contributed by atoms with E-state index in [1.807, 2.05) is 6.07 Å². The van der Waals surface area contributed by atoms with Crippen LogP contribution in [0, 0.1) is 0 Å². The van der Waals surface area contributed by atoms with Gasteiger partial charge < -0.3 is 15.2 Å². The van der Waals surface area contributed by atoms with Gasteiger partial charge in [-0.1, -0.05) is 11.2 Å². The quantitative estimate of drug-likeness (QED) is 0.636. The number of hydrogen-bond acceptors (Lipinski definition) is 4. The van der Waals surface area contributed by atoms with Crippen LogP contribution in [0.5, 0.6) is 0 Å². The summed E-state index contributed by atoms with van der Waals surface area (Å²) in [5, 5.41) is 12.3. The largest absolute Gasteiger partial charge is 0.364 e. The first kappa shape index (κ1) is 12.6. The molecular weight excluding hydrogens is 248 g/mol. The van der Waals surface area contributed by atoms with E-state index >= 15 is 0 Å². The van der Waals surface area contributed by atoms with Gasteiger partial charge in [-0.05, 0) is 17.9 Å². The van der Waals surface area contributed by atoms with E-state index in [0.717, 1.165) is 24.6 Å². The molecule has 0 saturated heterocycles. The van der Waals surface area contributed by atoms with Crippen LogP contribution in [0.25, 0.3) is 0 Å². The van der Waals surface area contributed by atoms with Crippen LogP contribution in [0.1, 0.15) is 10.6 Å². The van der Waals surface area contributed by atoms with Gasteiger partial charge in [-0.25, -0.2) is 0 Å². The van der Waals surface area contributed by atoms with E-state index in [1.165, 1.54) is 4.88 Å². The van der Waals surface area contributed by atoms with Crippen molar-refractivity contribution >= 4 is 17.3 Å². The van der Waals surface area contributed by atoms with E-state index in [1.54, 1.807) is 24.6 Å². The first-order chi connectivity index (χ1) is 8.88. The Labute approximate surface area is 110 Å². The zero-order chi connectivity index (χ0) is 12.6. The predicted molar refractivity (Wildman–Crippen MR) is 72.7 cm³/mol. The summed E-state index contributed by atoms with van der Waals surface area (Å²) in [5.74, 6) is 0.773. The number of nitrogens with zero attached hydrogens (tertiary/aromatic N) is 2. The smallest absolute Gasteiger partial charge is 0.191 e. The Morgan fingerprint density at radius 3 is 3.06 bits per heavy atom. The van der Waals surface area contributed by atoms with Crippen molar-refractivity contribution in [2.45, 2.75) is 13.0 Å². The molecule has 0 aromatic carbocycles. The zero-order valence-corrected chi connectivity index (χ0v) is 11.0. The van der Waals surface area contributed by atoms with Crippen molar-refractivity contribution in [3.05, 3.63) is 40.4 Å². The summed E-state index contributed by atoms with van der Waals surface area (Å²) in [6.07, 6.45) is 2.56. The Hall–Kier alpha value is -1.82. The first-order valence-corrected chi connectivity index (χ1v) is 6.62. The SMILES string of the molecule is CN=C(NCCc1cccs1)NCc1ccon1. The maximum Gasteiger partial charge on any atom is 0.191 e. The summed E-state index contributed by atoms with van der Waals surface area (Å²) < 4.78 is 4.76. The monoisotopic (exact) mass is 264 g/mol. The van der Waals surface area contributed by atoms with E-state index in [-0.39, 0.29) is 0 Å². The molecule has 0 radical (unpaired) electrons. The number of hydrogen-bond donors (Lipinski definition) is 2. The van der Waals surface area contributed by atoms with Crippen LogP contribution in [0.3, 0.4) is 0 Å². The number of thiophene rings is 1. The second-order valence-electron chi connectivity index (χ2n) is 3.67. The summed E-state index contributed by atoms with van der Waals surface area (Å²) in [4.78, 5) is 5.52. The second-order valence-corrected chi connectivity index (χ2v) is 4.70. The molecule has 0 unspecified atom stereocenters. The van der Waals surface area contributed by atoms with Gasteiger partial charge >= 0.3 is 0 Å². The highest BCUT2D eigenvalue weighted by atomic mass is 32.1. The van der Waals surface area contributed by atoms with Gasteiger partial charge in [0, 0.05) is 24.5 Å². The summed E-state index contributed by atoms with van der Waals surface area (Å²) in [6.45, 7) is 1.47. The number of aromatic nitrogens is 1. The van der Waals surface area contributed by atoms with Crippen molar-refractivity contribution < 1.29 is 4.52 Å². The fourth-order valence-corrected chi connectivity index (χ4v) is 2.19. The molecule has 0 spiro atoms. The molecule has 2 heterocycles. The fraction of sp³-hybridized carbons (Fsp3) is 0.333. The highest BCUT2D eigenvalue weighted by molar-refractivity contribution is 7.09. The minimum atomic E-state index is 0.606. The van der Waals surface area contributed by atoms with E-state index in [0.29, 0.717) is 6.54 Å². The lowest BCUT2D eigenvalue weighted by Crippen LogP contribution is -2.37. The molecule has 0 fully saturated rings. The normalized spacial score (nSPS) is 11.5. The Balaban J connectivity index is 1.69. The molecule has 2 rings (SSSR count). The van der Waals surface area contributed by atoms with Gasteiger partial charge in [0.2, 0.25) is 0 Å². The molecule has 0 aliphatic rings. The maximum absolute atomic E-state index is 4.76. The van der Waals surface area contributed by atoms with Gasteiger partial charge in [0.15, 0.2) is 5.96 Å². The van der Waals surface area contributed by atoms with Gasteiger partial charge in [0.25, 0.3) is 0 Å². The third-order valence-corrected chi connectivity index (χ3v) is 3.33. The third kappa shape index (κ3) is 3.89. The second kappa shape index (κ2) is 6.80. The van der Waals surface area contributed by atoms with E-state index in [2.05, 4.69) is 38.3 Å². The molecule has 0 amide bonds. The highest BCUT2D eigenvalue weighted by Crippen LogP contribution is 2.07. The topological polar surface area (TPSA) is 62.5 Å². The van der Waals surface area contributed by atoms with Crippen LogP contribution < -0.4 is 10.6 Å². The fourth-order valence-electron chi connectivity index (χ4n) is 1.48. The highest BCUT2D eigenvalue weighted by Gasteiger charge is 2.00. The molecule has 2 N–H and O–H groups in total. The molecule has 0 aliphatic heterocycles. The molecule has 2 aromatic rings. The molecule has 0 bridgehead atoms. The summed E-state index contributed by atoms with van der Waals surface area (Å²) in [5.41, 5.74) is 0.858. The molecule has 0 saturated carbocycles. The lowest BCUT2D eigenvalue weighted by molar-refractivity contribution is 0.410. The molecule has 2 aromatic heterocycles. The van der Waals surface area contributed by atoms with Gasteiger partial charge in [-0.2, -0.15) is 0 Å². The minimum Gasteiger partial charge on any atom is -0.364 e. The number of guanidine groups is 1. The molecule has 0 atom stereocenters. The molecule has 6 heteroatoms. The molecule has 96 valence electrons. The van der Waals surface area contributed by atoms with Crippen LogP contribution in [0.15, 0.2) is 39.4 Å². The van der Waals surface area contributed by atoms with E-state index in [4.69, 9.17) is 4.52 Å². The van der Waals surface area contributed by atoms with Crippen molar-refractivity contribution in [1.29, 1.82) is 0 Å². The predicted octanol–water partition coefficient (Wildman–Crippen LogP) is 1.64. The van der Waals surface area contributed by atoms with Crippen LogP contribution >= 0.6 is 11.3 Å². The number of aliphatic imine (C=N–C) groups is 1. The van der Waals surface area contributed by atoms with E-state index < -0.39 is 0 Å². The molecule has 0 aliphatic carbocycles. The van der Waals surface area contributed by atoms with Crippen LogP contribution in [0.2, 0.25) is 0 Å². The van der Waals surface area contributed by atoms with Crippen molar-refractivity contribution in [2.75, 3.05) is 13.6 Å². The summed E-state index contributed by atoms with van der Waals surface area (Å²) in [7, 11) is 1.75. The lowest BCUT2D eigenvalue weighted by atomic mass is 10.3. The Kier molecular flexibility index (Phi) is 4.78. The summed E-state index contributed by atoms with van der Waals surface area (Å²) >= 11 is 1.77. The third-order valence-electron chi connectivity index (χ3n) is 2.40. The van der Waals surface area contributed by atoms with Crippen molar-refractivity contribution in [2.24, 2.45) is 4.99 Å². The first-order valence-electron chi connectivity index (χ1n) is 5.74. The Bertz CT molecular complexity index is 464. The number of rotatable bonds is 5. The average molecular weight is 264 g/mol. The van der Waals surface area contributed by atoms with Gasteiger partial charge in [0.05, 0.1) is 6.54 Å². The summed E-state index contributed by atoms with van der Waals surface area (Å²) in [6, 6.07) is 6.03. The van der Waals surface area contributed by atoms with Crippen molar-refractivity contribution in [3.63, 3.8) is 0 Å². The standard InChI is InChI=1S/C12H16N4OS/c1-13-12(15-9-10-5-7-17-16-10)14-6-4-11-3-2-8-18-11/h2-3,5,7-8H,4,6,9H2,1H3,(H2,13,14,15). The minimum absolute atomic E-state index is 0.606. The number of nitrogens with one attached hydrogen (secondary N) is 2. The van der Waals surface area contributed by atoms with Crippen LogP contribution in [-0.2, 0) is 13.0 Å². The van der Waals surface area contributed by atoms with Crippen LogP contribution in [0.4, 0.5) is 0 Å². The zero-order valence-electron chi connectivity index (χ0n) is 10.2. The van der Waals surface area contributed by atoms with Gasteiger partial charge in [-0.3, -0.25) is 4.99 Å². The lowest BCUT2D eigenvalue weighted by Gasteiger charge is -2.10. The Morgan fingerprint density at radius 2 is 2.39 bits per heavy atom. The average Bonchev–Trinajstić information content (AvgIpc) is 3.06. The van der Waals surface area contributed by atoms with E-state index in [9.17, 15) is 0 Å². The van der Waals surface area contributed by atoms with Crippen LogP contribution in [-0.4, -0.2) is 24.7 Å². The maximum atomic E-state index is 4.76. The molecule has 18 heavy (non-hydrogen) atoms.